The second-order valence-corrected chi connectivity index (χ2v) is 9.20. The van der Waals surface area contributed by atoms with Gasteiger partial charge in [-0.15, -0.1) is 0 Å². The Hall–Kier alpha value is -2.86. The molecule has 1 aliphatic rings. The number of nitrogens with zero attached hydrogens (tertiary/aromatic N) is 2. The lowest BCUT2D eigenvalue weighted by Crippen LogP contribution is -2.47. The van der Waals surface area contributed by atoms with Crippen molar-refractivity contribution in [2.24, 2.45) is 0 Å². The van der Waals surface area contributed by atoms with Crippen molar-refractivity contribution < 1.29 is 14.3 Å². The lowest BCUT2D eigenvalue weighted by molar-refractivity contribution is -0.122. The molecule has 6 heteroatoms. The maximum atomic E-state index is 12.8. The number of piperazine rings is 1. The first-order valence-corrected chi connectivity index (χ1v) is 10.8. The fourth-order valence-electron chi connectivity index (χ4n) is 3.46. The van der Waals surface area contributed by atoms with E-state index >= 15 is 0 Å². The van der Waals surface area contributed by atoms with Crippen molar-refractivity contribution in [1.29, 1.82) is 0 Å². The molecule has 1 saturated heterocycles. The van der Waals surface area contributed by atoms with Crippen molar-refractivity contribution in [2.45, 2.75) is 39.2 Å². The maximum absolute atomic E-state index is 12.8. The molecule has 1 unspecified atom stereocenters. The minimum Gasteiger partial charge on any atom is -0.481 e. The van der Waals surface area contributed by atoms with Gasteiger partial charge in [0.05, 0.1) is 0 Å². The highest BCUT2D eigenvalue weighted by Gasteiger charge is 2.21. The number of carbonyl (C=O) groups excluding carboxylic acids is 2. The zero-order valence-electron chi connectivity index (χ0n) is 19.1. The standard InChI is InChI=1S/C25H33N3O3/c1-18(31-22-11-9-20(10-12-22)25(2,3)4)23(29)26-21-8-6-7-19(17-21)24(30)28-15-13-27(5)14-16-28/h6-12,17-18H,13-16H2,1-5H3,(H,26,29). The molecule has 0 saturated carbocycles. The average Bonchev–Trinajstić information content (AvgIpc) is 2.73. The van der Waals surface area contributed by atoms with Gasteiger partial charge >= 0.3 is 0 Å². The fourth-order valence-corrected chi connectivity index (χ4v) is 3.46. The molecule has 0 aromatic heterocycles. The number of hydrogen-bond donors (Lipinski definition) is 1. The van der Waals surface area contributed by atoms with Gasteiger partial charge in [0.1, 0.15) is 5.75 Å². The van der Waals surface area contributed by atoms with Crippen LogP contribution in [0.25, 0.3) is 0 Å². The van der Waals surface area contributed by atoms with Gasteiger partial charge in [0.15, 0.2) is 6.10 Å². The van der Waals surface area contributed by atoms with Crippen LogP contribution in [0.2, 0.25) is 0 Å². The van der Waals surface area contributed by atoms with E-state index in [1.165, 1.54) is 5.56 Å². The molecule has 3 rings (SSSR count). The third kappa shape index (κ3) is 6.07. The molecule has 2 aromatic rings. The van der Waals surface area contributed by atoms with Gasteiger partial charge in [-0.25, -0.2) is 0 Å². The SMILES string of the molecule is CC(Oc1ccc(C(C)(C)C)cc1)C(=O)Nc1cccc(C(=O)N2CCN(C)CC2)c1. The van der Waals surface area contributed by atoms with E-state index in [9.17, 15) is 9.59 Å². The Balaban J connectivity index is 1.59. The van der Waals surface area contributed by atoms with Gasteiger partial charge in [-0.05, 0) is 55.3 Å². The summed E-state index contributed by atoms with van der Waals surface area (Å²) in [6.07, 6.45) is -0.669. The van der Waals surface area contributed by atoms with Gasteiger partial charge < -0.3 is 19.9 Å². The van der Waals surface area contributed by atoms with Crippen LogP contribution in [0.5, 0.6) is 5.75 Å². The summed E-state index contributed by atoms with van der Waals surface area (Å²) < 4.78 is 5.81. The molecule has 6 nitrogen and oxygen atoms in total. The van der Waals surface area contributed by atoms with Crippen LogP contribution in [-0.2, 0) is 10.2 Å². The van der Waals surface area contributed by atoms with Crippen LogP contribution in [0.15, 0.2) is 48.5 Å². The Morgan fingerprint density at radius 3 is 2.26 bits per heavy atom. The summed E-state index contributed by atoms with van der Waals surface area (Å²) in [4.78, 5) is 29.5. The van der Waals surface area contributed by atoms with E-state index in [1.54, 1.807) is 31.2 Å². The monoisotopic (exact) mass is 423 g/mol. The van der Waals surface area contributed by atoms with E-state index in [0.717, 1.165) is 13.1 Å². The third-order valence-electron chi connectivity index (χ3n) is 5.57. The molecule has 0 bridgehead atoms. The molecular formula is C25H33N3O3. The molecule has 1 fully saturated rings. The summed E-state index contributed by atoms with van der Waals surface area (Å²) in [5.41, 5.74) is 2.43. The highest BCUT2D eigenvalue weighted by molar-refractivity contribution is 5.98. The van der Waals surface area contributed by atoms with Crippen molar-refractivity contribution in [3.8, 4) is 5.75 Å². The van der Waals surface area contributed by atoms with E-state index in [0.29, 0.717) is 30.1 Å². The van der Waals surface area contributed by atoms with E-state index in [-0.39, 0.29) is 17.2 Å². The van der Waals surface area contributed by atoms with Gasteiger partial charge in [-0.3, -0.25) is 9.59 Å². The Morgan fingerprint density at radius 1 is 1.00 bits per heavy atom. The van der Waals surface area contributed by atoms with Gasteiger partial charge in [-0.1, -0.05) is 39.0 Å². The fraction of sp³-hybridized carbons (Fsp3) is 0.440. The zero-order valence-corrected chi connectivity index (χ0v) is 19.1. The lowest BCUT2D eigenvalue weighted by Gasteiger charge is -2.32. The summed E-state index contributed by atoms with van der Waals surface area (Å²) >= 11 is 0. The number of ether oxygens (including phenoxy) is 1. The minimum atomic E-state index is -0.669. The predicted molar refractivity (Wildman–Crippen MR) is 124 cm³/mol. The predicted octanol–water partition coefficient (Wildman–Crippen LogP) is 3.78. The summed E-state index contributed by atoms with van der Waals surface area (Å²) in [6, 6.07) is 14.9. The number of anilines is 1. The first-order valence-electron chi connectivity index (χ1n) is 10.8. The van der Waals surface area contributed by atoms with Crippen LogP contribution in [0.1, 0.15) is 43.6 Å². The molecule has 0 radical (unpaired) electrons. The number of nitrogens with one attached hydrogen (secondary N) is 1. The summed E-state index contributed by atoms with van der Waals surface area (Å²) in [6.45, 7) is 11.3. The maximum Gasteiger partial charge on any atom is 0.265 e. The van der Waals surface area contributed by atoms with Gasteiger partial charge in [0.2, 0.25) is 0 Å². The van der Waals surface area contributed by atoms with Crippen LogP contribution in [0, 0.1) is 0 Å². The first kappa shape index (κ1) is 22.8. The molecule has 166 valence electrons. The van der Waals surface area contributed by atoms with Crippen molar-refractivity contribution in [3.63, 3.8) is 0 Å². The second kappa shape index (κ2) is 9.52. The lowest BCUT2D eigenvalue weighted by atomic mass is 9.87. The van der Waals surface area contributed by atoms with E-state index < -0.39 is 6.10 Å². The molecule has 0 spiro atoms. The van der Waals surface area contributed by atoms with Crippen molar-refractivity contribution in [1.82, 2.24) is 9.80 Å². The highest BCUT2D eigenvalue weighted by atomic mass is 16.5. The van der Waals surface area contributed by atoms with Gasteiger partial charge in [-0.2, -0.15) is 0 Å². The van der Waals surface area contributed by atoms with Gasteiger partial charge in [0, 0.05) is 37.4 Å². The smallest absolute Gasteiger partial charge is 0.265 e. The molecule has 2 amide bonds. The summed E-state index contributed by atoms with van der Waals surface area (Å²) in [5.74, 6) is 0.381. The minimum absolute atomic E-state index is 0.00700. The highest BCUT2D eigenvalue weighted by Crippen LogP contribution is 2.25. The van der Waals surface area contributed by atoms with Crippen LogP contribution >= 0.6 is 0 Å². The molecule has 0 aliphatic carbocycles. The van der Waals surface area contributed by atoms with Crippen molar-refractivity contribution >= 4 is 17.5 Å². The number of likely N-dealkylation sites (N-methyl/N-ethyl adjacent to an activating group) is 1. The normalized spacial score (nSPS) is 16.0. The van der Waals surface area contributed by atoms with Crippen LogP contribution in [0.3, 0.4) is 0 Å². The number of carbonyl (C=O) groups is 2. The Bertz CT molecular complexity index is 910. The van der Waals surface area contributed by atoms with Crippen LogP contribution in [-0.4, -0.2) is 60.9 Å². The number of hydrogen-bond acceptors (Lipinski definition) is 4. The Kier molecular flexibility index (Phi) is 7.01. The van der Waals surface area contributed by atoms with Gasteiger partial charge in [0.25, 0.3) is 11.8 Å². The molecule has 2 aromatic carbocycles. The zero-order chi connectivity index (χ0) is 22.6. The molecule has 1 heterocycles. The number of benzene rings is 2. The molecule has 1 atom stereocenters. The Labute approximate surface area is 185 Å². The molecular weight excluding hydrogens is 390 g/mol. The largest absolute Gasteiger partial charge is 0.481 e. The number of amides is 2. The van der Waals surface area contributed by atoms with Crippen LogP contribution < -0.4 is 10.1 Å². The topological polar surface area (TPSA) is 61.9 Å². The summed E-state index contributed by atoms with van der Waals surface area (Å²) in [7, 11) is 2.06. The van der Waals surface area contributed by atoms with E-state index in [4.69, 9.17) is 4.74 Å². The molecule has 1 aliphatic heterocycles. The molecule has 31 heavy (non-hydrogen) atoms. The summed E-state index contributed by atoms with van der Waals surface area (Å²) in [5, 5.41) is 2.86. The first-order chi connectivity index (χ1) is 14.6. The Morgan fingerprint density at radius 2 is 1.65 bits per heavy atom. The van der Waals surface area contributed by atoms with Crippen molar-refractivity contribution in [2.75, 3.05) is 38.5 Å². The molecule has 1 N–H and O–H groups in total. The van der Waals surface area contributed by atoms with E-state index in [1.807, 2.05) is 29.2 Å². The van der Waals surface area contributed by atoms with Crippen molar-refractivity contribution in [3.05, 3.63) is 59.7 Å². The quantitative estimate of drug-likeness (QED) is 0.795. The number of rotatable bonds is 5. The van der Waals surface area contributed by atoms with Crippen LogP contribution in [0.4, 0.5) is 5.69 Å². The average molecular weight is 424 g/mol. The van der Waals surface area contributed by atoms with E-state index in [2.05, 4.69) is 38.0 Å². The third-order valence-corrected chi connectivity index (χ3v) is 5.57. The second-order valence-electron chi connectivity index (χ2n) is 9.20.